The van der Waals surface area contributed by atoms with Crippen molar-refractivity contribution in [3.05, 3.63) is 70.8 Å². The molecule has 23 heavy (non-hydrogen) atoms. The lowest BCUT2D eigenvalue weighted by atomic mass is 10.1. The second kappa shape index (κ2) is 7.63. The minimum Gasteiger partial charge on any atom is -0.295 e. The number of hydrogen-bond donors (Lipinski definition) is 0. The van der Waals surface area contributed by atoms with Crippen molar-refractivity contribution in [1.29, 1.82) is 0 Å². The van der Waals surface area contributed by atoms with E-state index in [2.05, 4.69) is 41.4 Å². The van der Waals surface area contributed by atoms with Crippen LogP contribution in [0.4, 0.5) is 0 Å². The molecule has 0 aromatic heterocycles. The zero-order valence-electron chi connectivity index (χ0n) is 14.1. The van der Waals surface area contributed by atoms with Gasteiger partial charge in [-0.05, 0) is 38.8 Å². The van der Waals surface area contributed by atoms with Crippen LogP contribution >= 0.6 is 0 Å². The van der Waals surface area contributed by atoms with E-state index in [1.807, 2.05) is 38.1 Å². The van der Waals surface area contributed by atoms with Gasteiger partial charge in [0, 0.05) is 17.7 Å². The van der Waals surface area contributed by atoms with Crippen LogP contribution in [0.3, 0.4) is 0 Å². The quantitative estimate of drug-likeness (QED) is 0.451. The Kier molecular flexibility index (Phi) is 5.58. The van der Waals surface area contributed by atoms with Gasteiger partial charge in [0.25, 0.3) is 0 Å². The highest BCUT2D eigenvalue weighted by atomic mass is 16.1. The van der Waals surface area contributed by atoms with Crippen LogP contribution in [0, 0.1) is 6.92 Å². The third kappa shape index (κ3) is 4.99. The fourth-order valence-electron chi connectivity index (χ4n) is 2.20. The summed E-state index contributed by atoms with van der Waals surface area (Å²) < 4.78 is 0. The molecule has 0 amide bonds. The van der Waals surface area contributed by atoms with Gasteiger partial charge in [0.05, 0.1) is 5.71 Å². The first-order valence-electron chi connectivity index (χ1n) is 7.70. The number of aryl methyl sites for hydroxylation is 1. The summed E-state index contributed by atoms with van der Waals surface area (Å²) in [6.45, 7) is 7.56. The minimum absolute atomic E-state index is 0.0836. The normalized spacial score (nSPS) is 12.3. The molecule has 2 aromatic carbocycles. The summed E-state index contributed by atoms with van der Waals surface area (Å²) in [6.07, 6.45) is 0.725. The van der Waals surface area contributed by atoms with Gasteiger partial charge in [-0.1, -0.05) is 54.1 Å². The van der Waals surface area contributed by atoms with Crippen molar-refractivity contribution in [2.75, 3.05) is 0 Å². The highest BCUT2D eigenvalue weighted by molar-refractivity contribution is 5.99. The Balaban J connectivity index is 2.05. The number of hydrogen-bond acceptors (Lipinski definition) is 3. The van der Waals surface area contributed by atoms with Gasteiger partial charge in [0.15, 0.2) is 5.78 Å². The maximum atomic E-state index is 11.3. The number of carbonyl (C=O) groups excluding carboxylic acids is 1. The van der Waals surface area contributed by atoms with Crippen molar-refractivity contribution in [3.8, 4) is 0 Å². The first-order chi connectivity index (χ1) is 11.0. The molecule has 3 nitrogen and oxygen atoms in total. The van der Waals surface area contributed by atoms with Crippen molar-refractivity contribution in [1.82, 2.24) is 0 Å². The Morgan fingerprint density at radius 2 is 1.39 bits per heavy atom. The highest BCUT2D eigenvalue weighted by Gasteiger charge is 2.01. The van der Waals surface area contributed by atoms with Crippen LogP contribution in [0.1, 0.15) is 47.8 Å². The smallest absolute Gasteiger partial charge is 0.159 e. The van der Waals surface area contributed by atoms with E-state index in [1.54, 1.807) is 6.92 Å². The maximum absolute atomic E-state index is 11.3. The zero-order valence-corrected chi connectivity index (χ0v) is 14.1. The number of benzene rings is 2. The molecule has 0 radical (unpaired) electrons. The lowest BCUT2D eigenvalue weighted by molar-refractivity contribution is 0.101. The van der Waals surface area contributed by atoms with E-state index in [0.29, 0.717) is 0 Å². The molecule has 2 rings (SSSR count). The van der Waals surface area contributed by atoms with Gasteiger partial charge in [-0.3, -0.25) is 4.79 Å². The van der Waals surface area contributed by atoms with E-state index in [4.69, 9.17) is 0 Å². The molecule has 0 aliphatic carbocycles. The maximum Gasteiger partial charge on any atom is 0.159 e. The van der Waals surface area contributed by atoms with Crippen LogP contribution in [0.2, 0.25) is 0 Å². The number of carbonyl (C=O) groups is 1. The number of Topliss-reactive ketones (excluding diaryl/α,β-unsaturated/α-hetero) is 1. The fraction of sp³-hybridized carbons (Fsp3) is 0.250. The van der Waals surface area contributed by atoms with Crippen molar-refractivity contribution < 1.29 is 4.79 Å². The summed E-state index contributed by atoms with van der Waals surface area (Å²) >= 11 is 0. The Morgan fingerprint density at radius 3 is 1.96 bits per heavy atom. The molecule has 2 aromatic rings. The standard InChI is InChI=1S/C20H22N2O/c1-14-5-9-19(10-6-14)16(3)22-21-15(2)13-18-7-11-20(12-8-18)17(4)23/h5-12H,13H2,1-4H3/b21-15+,22-16+. The molecular formula is C20H22N2O. The fourth-order valence-corrected chi connectivity index (χ4v) is 2.20. The minimum atomic E-state index is 0.0836. The van der Waals surface area contributed by atoms with Gasteiger partial charge >= 0.3 is 0 Å². The average molecular weight is 306 g/mol. The van der Waals surface area contributed by atoms with Crippen LogP contribution in [0.15, 0.2) is 58.7 Å². The molecule has 0 saturated carbocycles. The van der Waals surface area contributed by atoms with E-state index in [0.717, 1.165) is 34.5 Å². The summed E-state index contributed by atoms with van der Waals surface area (Å²) in [5, 5.41) is 8.63. The van der Waals surface area contributed by atoms with Crippen LogP contribution in [0.25, 0.3) is 0 Å². The van der Waals surface area contributed by atoms with E-state index in [1.165, 1.54) is 5.56 Å². The predicted octanol–water partition coefficient (Wildman–Crippen LogP) is 4.63. The Bertz CT molecular complexity index is 738. The molecule has 0 aliphatic rings. The number of rotatable bonds is 5. The molecule has 3 heteroatoms. The van der Waals surface area contributed by atoms with Gasteiger partial charge in [-0.15, -0.1) is 0 Å². The molecule has 0 saturated heterocycles. The van der Waals surface area contributed by atoms with Gasteiger partial charge in [-0.2, -0.15) is 10.2 Å². The molecule has 118 valence electrons. The first-order valence-corrected chi connectivity index (χ1v) is 7.70. The van der Waals surface area contributed by atoms with E-state index in [9.17, 15) is 4.79 Å². The van der Waals surface area contributed by atoms with Crippen LogP contribution < -0.4 is 0 Å². The van der Waals surface area contributed by atoms with E-state index in [-0.39, 0.29) is 5.78 Å². The van der Waals surface area contributed by atoms with Crippen molar-refractivity contribution in [3.63, 3.8) is 0 Å². The van der Waals surface area contributed by atoms with Crippen LogP contribution in [0.5, 0.6) is 0 Å². The van der Waals surface area contributed by atoms with Crippen molar-refractivity contribution in [2.45, 2.75) is 34.1 Å². The molecule has 0 unspecified atom stereocenters. The molecular weight excluding hydrogens is 284 g/mol. The zero-order chi connectivity index (χ0) is 16.8. The molecule has 0 aliphatic heterocycles. The number of ketones is 1. The molecule has 0 spiro atoms. The van der Waals surface area contributed by atoms with Gasteiger partial charge in [0.1, 0.15) is 0 Å². The lowest BCUT2D eigenvalue weighted by Gasteiger charge is -2.02. The summed E-state index contributed by atoms with van der Waals surface area (Å²) in [5.41, 5.74) is 6.01. The molecule has 0 N–H and O–H groups in total. The summed E-state index contributed by atoms with van der Waals surface area (Å²) in [4.78, 5) is 11.3. The SMILES string of the molecule is CC(=O)c1ccc(C/C(C)=N/N=C(\C)c2ccc(C)cc2)cc1. The predicted molar refractivity (Wildman–Crippen MR) is 96.6 cm³/mol. The third-order valence-electron chi connectivity index (χ3n) is 3.66. The topological polar surface area (TPSA) is 41.8 Å². The molecule has 0 bridgehead atoms. The van der Waals surface area contributed by atoms with Gasteiger partial charge in [-0.25, -0.2) is 0 Å². The van der Waals surface area contributed by atoms with Crippen molar-refractivity contribution >= 4 is 17.2 Å². The largest absolute Gasteiger partial charge is 0.295 e. The summed E-state index contributed by atoms with van der Waals surface area (Å²) in [6, 6.07) is 15.9. The van der Waals surface area contributed by atoms with Crippen molar-refractivity contribution in [2.24, 2.45) is 10.2 Å². The van der Waals surface area contributed by atoms with E-state index >= 15 is 0 Å². The second-order valence-electron chi connectivity index (χ2n) is 5.82. The average Bonchev–Trinajstić information content (AvgIpc) is 2.54. The number of nitrogens with zero attached hydrogens (tertiary/aromatic N) is 2. The first kappa shape index (κ1) is 16.8. The summed E-state index contributed by atoms with van der Waals surface area (Å²) in [5.74, 6) is 0.0836. The molecule has 0 atom stereocenters. The highest BCUT2D eigenvalue weighted by Crippen LogP contribution is 2.08. The van der Waals surface area contributed by atoms with Gasteiger partial charge in [0.2, 0.25) is 0 Å². The second-order valence-corrected chi connectivity index (χ2v) is 5.82. The Hall–Kier alpha value is -2.55. The van der Waals surface area contributed by atoms with Crippen LogP contribution in [-0.2, 0) is 6.42 Å². The third-order valence-corrected chi connectivity index (χ3v) is 3.66. The van der Waals surface area contributed by atoms with Crippen LogP contribution in [-0.4, -0.2) is 17.2 Å². The lowest BCUT2D eigenvalue weighted by Crippen LogP contribution is -2.00. The molecule has 0 fully saturated rings. The Morgan fingerprint density at radius 1 is 0.826 bits per heavy atom. The van der Waals surface area contributed by atoms with E-state index < -0.39 is 0 Å². The molecule has 0 heterocycles. The monoisotopic (exact) mass is 306 g/mol. The summed E-state index contributed by atoms with van der Waals surface area (Å²) in [7, 11) is 0. The Labute approximate surface area is 137 Å². The van der Waals surface area contributed by atoms with Gasteiger partial charge < -0.3 is 0 Å².